The van der Waals surface area contributed by atoms with E-state index < -0.39 is 6.04 Å². The standard InChI is InChI=1S/C17H16Cl2N2O2/c1-11(21-17(23)14-7-2-3-8-15(14)19)16(22)20-10-12-5-4-6-13(18)9-12/h2-9,11H,10H2,1H3,(H,20,22)(H,21,23)/t11-/m0/s1. The van der Waals surface area contributed by atoms with Gasteiger partial charge in [0.05, 0.1) is 10.6 Å². The summed E-state index contributed by atoms with van der Waals surface area (Å²) in [7, 11) is 0. The molecule has 0 spiro atoms. The Morgan fingerprint density at radius 1 is 1.09 bits per heavy atom. The van der Waals surface area contributed by atoms with Crippen molar-refractivity contribution in [2.45, 2.75) is 19.5 Å². The number of carbonyl (C=O) groups excluding carboxylic acids is 2. The lowest BCUT2D eigenvalue weighted by Crippen LogP contribution is -2.44. The molecule has 4 nitrogen and oxygen atoms in total. The van der Waals surface area contributed by atoms with Crippen LogP contribution in [0, 0.1) is 0 Å². The summed E-state index contributed by atoms with van der Waals surface area (Å²) < 4.78 is 0. The molecule has 2 rings (SSSR count). The van der Waals surface area contributed by atoms with Gasteiger partial charge in [0.15, 0.2) is 0 Å². The summed E-state index contributed by atoms with van der Waals surface area (Å²) in [6.45, 7) is 1.95. The number of hydrogen-bond acceptors (Lipinski definition) is 2. The van der Waals surface area contributed by atoms with E-state index in [-0.39, 0.29) is 11.8 Å². The molecule has 0 bridgehead atoms. The Hall–Kier alpha value is -2.04. The molecule has 0 aromatic heterocycles. The van der Waals surface area contributed by atoms with E-state index in [1.807, 2.05) is 12.1 Å². The number of carbonyl (C=O) groups is 2. The lowest BCUT2D eigenvalue weighted by molar-refractivity contribution is -0.122. The van der Waals surface area contributed by atoms with Crippen molar-refractivity contribution in [3.05, 3.63) is 69.7 Å². The third-order valence-electron chi connectivity index (χ3n) is 3.22. The zero-order chi connectivity index (χ0) is 16.8. The Morgan fingerprint density at radius 3 is 2.52 bits per heavy atom. The zero-order valence-electron chi connectivity index (χ0n) is 12.5. The normalized spacial score (nSPS) is 11.6. The van der Waals surface area contributed by atoms with Crippen molar-refractivity contribution >= 4 is 35.0 Å². The first kappa shape index (κ1) is 17.3. The second-order valence-corrected chi connectivity index (χ2v) is 5.87. The van der Waals surface area contributed by atoms with Gasteiger partial charge in [0, 0.05) is 11.6 Å². The van der Waals surface area contributed by atoms with E-state index in [0.717, 1.165) is 5.56 Å². The summed E-state index contributed by atoms with van der Waals surface area (Å²) in [5.41, 5.74) is 1.22. The highest BCUT2D eigenvalue weighted by molar-refractivity contribution is 6.33. The van der Waals surface area contributed by atoms with Crippen LogP contribution in [-0.4, -0.2) is 17.9 Å². The Balaban J connectivity index is 1.90. The van der Waals surface area contributed by atoms with E-state index in [1.165, 1.54) is 0 Å². The number of nitrogens with one attached hydrogen (secondary N) is 2. The van der Waals surface area contributed by atoms with Crippen molar-refractivity contribution in [1.29, 1.82) is 0 Å². The molecule has 1 atom stereocenters. The topological polar surface area (TPSA) is 58.2 Å². The Bertz CT molecular complexity index is 719. The van der Waals surface area contributed by atoms with Crippen molar-refractivity contribution in [1.82, 2.24) is 10.6 Å². The summed E-state index contributed by atoms with van der Waals surface area (Å²) in [5.74, 6) is -0.675. The van der Waals surface area contributed by atoms with Crippen molar-refractivity contribution in [2.75, 3.05) is 0 Å². The highest BCUT2D eigenvalue weighted by atomic mass is 35.5. The van der Waals surface area contributed by atoms with Gasteiger partial charge in [-0.25, -0.2) is 0 Å². The van der Waals surface area contributed by atoms with Gasteiger partial charge in [0.1, 0.15) is 6.04 Å². The van der Waals surface area contributed by atoms with E-state index in [1.54, 1.807) is 43.3 Å². The van der Waals surface area contributed by atoms with E-state index in [9.17, 15) is 9.59 Å². The molecule has 0 aliphatic heterocycles. The van der Waals surface area contributed by atoms with Crippen molar-refractivity contribution in [3.8, 4) is 0 Å². The van der Waals surface area contributed by atoms with Crippen molar-refractivity contribution in [2.24, 2.45) is 0 Å². The lowest BCUT2D eigenvalue weighted by Gasteiger charge is -2.14. The van der Waals surface area contributed by atoms with Gasteiger partial charge < -0.3 is 10.6 Å². The molecule has 0 saturated carbocycles. The largest absolute Gasteiger partial charge is 0.350 e. The van der Waals surface area contributed by atoms with Gasteiger partial charge in [-0.3, -0.25) is 9.59 Å². The van der Waals surface area contributed by atoms with Gasteiger partial charge in [-0.2, -0.15) is 0 Å². The third-order valence-corrected chi connectivity index (χ3v) is 3.78. The summed E-state index contributed by atoms with van der Waals surface area (Å²) in [4.78, 5) is 24.2. The molecule has 0 saturated heterocycles. The number of hydrogen-bond donors (Lipinski definition) is 2. The van der Waals surface area contributed by atoms with Crippen LogP contribution in [0.3, 0.4) is 0 Å². The van der Waals surface area contributed by atoms with E-state index >= 15 is 0 Å². The predicted molar refractivity (Wildman–Crippen MR) is 91.7 cm³/mol. The molecule has 0 fully saturated rings. The van der Waals surface area contributed by atoms with Crippen LogP contribution in [0.15, 0.2) is 48.5 Å². The Kier molecular flexibility index (Phi) is 6.02. The maximum absolute atomic E-state index is 12.1. The lowest BCUT2D eigenvalue weighted by atomic mass is 10.2. The second-order valence-electron chi connectivity index (χ2n) is 5.02. The van der Waals surface area contributed by atoms with Crippen LogP contribution in [0.1, 0.15) is 22.8 Å². The molecule has 23 heavy (non-hydrogen) atoms. The average Bonchev–Trinajstić information content (AvgIpc) is 2.53. The molecule has 0 radical (unpaired) electrons. The van der Waals surface area contributed by atoms with Gasteiger partial charge in [-0.1, -0.05) is 47.5 Å². The van der Waals surface area contributed by atoms with E-state index in [0.29, 0.717) is 22.2 Å². The van der Waals surface area contributed by atoms with Gasteiger partial charge in [0.2, 0.25) is 5.91 Å². The zero-order valence-corrected chi connectivity index (χ0v) is 14.0. The van der Waals surface area contributed by atoms with Gasteiger partial charge in [0.25, 0.3) is 5.91 Å². The van der Waals surface area contributed by atoms with Gasteiger partial charge in [-0.05, 0) is 36.8 Å². The molecule has 0 aliphatic rings. The van der Waals surface area contributed by atoms with Gasteiger partial charge in [-0.15, -0.1) is 0 Å². The predicted octanol–water partition coefficient (Wildman–Crippen LogP) is 3.43. The average molecular weight is 351 g/mol. The smallest absolute Gasteiger partial charge is 0.253 e. The van der Waals surface area contributed by atoms with Crippen LogP contribution in [0.4, 0.5) is 0 Å². The first-order chi connectivity index (χ1) is 11.0. The molecule has 6 heteroatoms. The maximum atomic E-state index is 12.1. The maximum Gasteiger partial charge on any atom is 0.253 e. The highest BCUT2D eigenvalue weighted by Gasteiger charge is 2.17. The van der Waals surface area contributed by atoms with Crippen molar-refractivity contribution in [3.63, 3.8) is 0 Å². The molecular weight excluding hydrogens is 335 g/mol. The first-order valence-corrected chi connectivity index (χ1v) is 7.80. The Labute approximate surface area is 144 Å². The summed E-state index contributed by atoms with van der Waals surface area (Å²) in [6, 6.07) is 13.2. The third kappa shape index (κ3) is 4.98. The van der Waals surface area contributed by atoms with Crippen LogP contribution in [-0.2, 0) is 11.3 Å². The first-order valence-electron chi connectivity index (χ1n) is 7.05. The molecule has 0 aliphatic carbocycles. The molecule has 2 N–H and O–H groups in total. The minimum Gasteiger partial charge on any atom is -0.350 e. The molecule has 0 heterocycles. The summed E-state index contributed by atoms with van der Waals surface area (Å²) in [5, 5.41) is 6.33. The summed E-state index contributed by atoms with van der Waals surface area (Å²) >= 11 is 11.9. The fourth-order valence-electron chi connectivity index (χ4n) is 1.97. The Morgan fingerprint density at radius 2 is 1.83 bits per heavy atom. The number of amides is 2. The number of rotatable bonds is 5. The number of halogens is 2. The van der Waals surface area contributed by atoms with Gasteiger partial charge >= 0.3 is 0 Å². The van der Waals surface area contributed by atoms with E-state index in [4.69, 9.17) is 23.2 Å². The fraction of sp³-hybridized carbons (Fsp3) is 0.176. The SMILES string of the molecule is C[C@H](NC(=O)c1ccccc1Cl)C(=O)NCc1cccc(Cl)c1. The molecule has 0 unspecified atom stereocenters. The fourth-order valence-corrected chi connectivity index (χ4v) is 2.41. The molecular formula is C17H16Cl2N2O2. The highest BCUT2D eigenvalue weighted by Crippen LogP contribution is 2.14. The molecule has 2 aromatic carbocycles. The second kappa shape index (κ2) is 7.99. The minimum atomic E-state index is -0.682. The summed E-state index contributed by atoms with van der Waals surface area (Å²) in [6.07, 6.45) is 0. The number of benzene rings is 2. The van der Waals surface area contributed by atoms with Crippen molar-refractivity contribution < 1.29 is 9.59 Å². The van der Waals surface area contributed by atoms with E-state index in [2.05, 4.69) is 10.6 Å². The monoisotopic (exact) mass is 350 g/mol. The van der Waals surface area contributed by atoms with Crippen LogP contribution >= 0.6 is 23.2 Å². The van der Waals surface area contributed by atoms with Crippen LogP contribution in [0.25, 0.3) is 0 Å². The molecule has 2 aromatic rings. The van der Waals surface area contributed by atoms with Crippen LogP contribution in [0.2, 0.25) is 10.0 Å². The molecule has 2 amide bonds. The van der Waals surface area contributed by atoms with Crippen LogP contribution in [0.5, 0.6) is 0 Å². The quantitative estimate of drug-likeness (QED) is 0.867. The molecule has 120 valence electrons. The minimum absolute atomic E-state index is 0.287. The van der Waals surface area contributed by atoms with Crippen LogP contribution < -0.4 is 10.6 Å².